The monoisotopic (exact) mass is 526 g/mol. The summed E-state index contributed by atoms with van der Waals surface area (Å²) in [6.07, 6.45) is 3.71. The zero-order chi connectivity index (χ0) is 20.5. The summed E-state index contributed by atoms with van der Waals surface area (Å²) in [4.78, 5) is 20.8. The van der Waals surface area contributed by atoms with Crippen LogP contribution in [-0.4, -0.2) is 61.5 Å². The summed E-state index contributed by atoms with van der Waals surface area (Å²) in [7, 11) is 1.78. The van der Waals surface area contributed by atoms with Crippen molar-refractivity contribution in [2.45, 2.75) is 26.3 Å². The molecule has 8 heteroatoms. The molecule has 1 N–H and O–H groups in total. The molecule has 2 heterocycles. The van der Waals surface area contributed by atoms with Crippen molar-refractivity contribution in [2.24, 2.45) is 4.99 Å². The fraction of sp³-hybridized carbons (Fsp3) is 0.455. The van der Waals surface area contributed by atoms with Crippen molar-refractivity contribution in [3.05, 3.63) is 54.0 Å². The third-order valence-corrected chi connectivity index (χ3v) is 4.93. The van der Waals surface area contributed by atoms with E-state index in [0.717, 1.165) is 49.8 Å². The molecule has 0 unspecified atom stereocenters. The quantitative estimate of drug-likeness (QED) is 0.259. The van der Waals surface area contributed by atoms with Crippen molar-refractivity contribution in [3.8, 4) is 5.75 Å². The maximum Gasteiger partial charge on any atom is 0.289 e. The van der Waals surface area contributed by atoms with Gasteiger partial charge in [-0.3, -0.25) is 9.79 Å². The first kappa shape index (κ1) is 24.0. The van der Waals surface area contributed by atoms with Crippen LogP contribution in [0.25, 0.3) is 0 Å². The maximum absolute atomic E-state index is 12.4. The standard InChI is InChI=1S/C22H30N4O3.HI/c1-3-4-14-28-19-8-5-7-18(16-19)17-24-22(23-2)26-12-10-25(11-13-26)21(27)20-9-6-15-29-20;/h5-9,15-16H,3-4,10-14,17H2,1-2H3,(H,23,24);1H. The van der Waals surface area contributed by atoms with Gasteiger partial charge in [-0.1, -0.05) is 25.5 Å². The summed E-state index contributed by atoms with van der Waals surface area (Å²) in [6.45, 7) is 6.31. The number of piperazine rings is 1. The summed E-state index contributed by atoms with van der Waals surface area (Å²) in [5, 5.41) is 3.42. The van der Waals surface area contributed by atoms with Gasteiger partial charge < -0.3 is 24.3 Å². The molecule has 7 nitrogen and oxygen atoms in total. The number of nitrogens with zero attached hydrogens (tertiary/aromatic N) is 3. The summed E-state index contributed by atoms with van der Waals surface area (Å²) in [5.74, 6) is 2.07. The molecular weight excluding hydrogens is 495 g/mol. The molecule has 1 aromatic carbocycles. The van der Waals surface area contributed by atoms with E-state index in [4.69, 9.17) is 9.15 Å². The van der Waals surface area contributed by atoms with Crippen LogP contribution in [0.5, 0.6) is 5.75 Å². The van der Waals surface area contributed by atoms with Crippen molar-refractivity contribution in [2.75, 3.05) is 39.8 Å². The Labute approximate surface area is 195 Å². The Hall–Kier alpha value is -2.23. The summed E-state index contributed by atoms with van der Waals surface area (Å²) >= 11 is 0. The number of carbonyl (C=O) groups is 1. The third kappa shape index (κ3) is 6.65. The van der Waals surface area contributed by atoms with E-state index in [0.29, 0.717) is 25.4 Å². The second-order valence-electron chi connectivity index (χ2n) is 7.01. The van der Waals surface area contributed by atoms with Crippen molar-refractivity contribution in [3.63, 3.8) is 0 Å². The Morgan fingerprint density at radius 2 is 1.93 bits per heavy atom. The highest BCUT2D eigenvalue weighted by Crippen LogP contribution is 2.14. The van der Waals surface area contributed by atoms with Gasteiger partial charge in [0.1, 0.15) is 5.75 Å². The zero-order valence-electron chi connectivity index (χ0n) is 17.7. The van der Waals surface area contributed by atoms with E-state index >= 15 is 0 Å². The first-order valence-electron chi connectivity index (χ1n) is 10.2. The van der Waals surface area contributed by atoms with Gasteiger partial charge in [0.25, 0.3) is 5.91 Å². The molecule has 2 aromatic rings. The number of amides is 1. The fourth-order valence-corrected chi connectivity index (χ4v) is 3.27. The Kier molecular flexibility index (Phi) is 9.99. The first-order chi connectivity index (χ1) is 14.2. The number of benzene rings is 1. The molecule has 1 fully saturated rings. The van der Waals surface area contributed by atoms with Gasteiger partial charge >= 0.3 is 0 Å². The second-order valence-corrected chi connectivity index (χ2v) is 7.01. The smallest absolute Gasteiger partial charge is 0.289 e. The highest BCUT2D eigenvalue weighted by atomic mass is 127. The summed E-state index contributed by atoms with van der Waals surface area (Å²) in [6, 6.07) is 11.6. The van der Waals surface area contributed by atoms with Crippen molar-refractivity contribution >= 4 is 35.8 Å². The molecule has 3 rings (SSSR count). The van der Waals surface area contributed by atoms with E-state index in [9.17, 15) is 4.79 Å². The molecule has 0 radical (unpaired) electrons. The maximum atomic E-state index is 12.4. The van der Waals surface area contributed by atoms with Crippen LogP contribution in [-0.2, 0) is 6.54 Å². The lowest BCUT2D eigenvalue weighted by atomic mass is 10.2. The number of unbranched alkanes of at least 4 members (excludes halogenated alkanes) is 1. The SMILES string of the molecule is CCCCOc1cccc(CNC(=NC)N2CCN(C(=O)c3ccco3)CC2)c1.I. The normalized spacial score (nSPS) is 14.3. The van der Waals surface area contributed by atoms with E-state index in [1.165, 1.54) is 6.26 Å². The minimum atomic E-state index is -0.0579. The number of guanidine groups is 1. The number of halogens is 1. The molecule has 1 saturated heterocycles. The van der Waals surface area contributed by atoms with E-state index < -0.39 is 0 Å². The number of aliphatic imine (C=N–C) groups is 1. The fourth-order valence-electron chi connectivity index (χ4n) is 3.27. The van der Waals surface area contributed by atoms with Gasteiger partial charge in [0.2, 0.25) is 0 Å². The van der Waals surface area contributed by atoms with Crippen LogP contribution >= 0.6 is 24.0 Å². The lowest BCUT2D eigenvalue weighted by Crippen LogP contribution is -2.53. The van der Waals surface area contributed by atoms with Gasteiger partial charge in [0.05, 0.1) is 12.9 Å². The van der Waals surface area contributed by atoms with E-state index in [1.54, 1.807) is 19.2 Å². The molecule has 1 amide bonds. The molecule has 0 bridgehead atoms. The largest absolute Gasteiger partial charge is 0.494 e. The highest BCUT2D eigenvalue weighted by Gasteiger charge is 2.25. The van der Waals surface area contributed by atoms with Crippen LogP contribution in [0.3, 0.4) is 0 Å². The number of rotatable bonds is 7. The van der Waals surface area contributed by atoms with Crippen molar-refractivity contribution < 1.29 is 13.9 Å². The average molecular weight is 526 g/mol. The molecule has 1 aromatic heterocycles. The lowest BCUT2D eigenvalue weighted by Gasteiger charge is -2.36. The molecule has 1 aliphatic heterocycles. The van der Waals surface area contributed by atoms with Gasteiger partial charge in [-0.2, -0.15) is 0 Å². The number of furan rings is 1. The predicted octanol–water partition coefficient (Wildman–Crippen LogP) is 3.61. The number of hydrogen-bond donors (Lipinski definition) is 1. The van der Waals surface area contributed by atoms with Gasteiger partial charge in [-0.05, 0) is 36.2 Å². The minimum Gasteiger partial charge on any atom is -0.494 e. The van der Waals surface area contributed by atoms with Gasteiger partial charge in [-0.25, -0.2) is 0 Å². The number of nitrogens with one attached hydrogen (secondary N) is 1. The van der Waals surface area contributed by atoms with E-state index in [2.05, 4.69) is 34.3 Å². The third-order valence-electron chi connectivity index (χ3n) is 4.93. The topological polar surface area (TPSA) is 70.3 Å². The average Bonchev–Trinajstić information content (AvgIpc) is 3.30. The van der Waals surface area contributed by atoms with Gasteiger partial charge in [0, 0.05) is 39.8 Å². The molecule has 0 saturated carbocycles. The van der Waals surface area contributed by atoms with E-state index in [1.807, 2.05) is 17.0 Å². The predicted molar refractivity (Wildman–Crippen MR) is 129 cm³/mol. The Balaban J connectivity index is 0.00000320. The summed E-state index contributed by atoms with van der Waals surface area (Å²) in [5.41, 5.74) is 1.15. The van der Waals surface area contributed by atoms with Crippen LogP contribution < -0.4 is 10.1 Å². The number of ether oxygens (including phenoxy) is 1. The Morgan fingerprint density at radius 3 is 2.60 bits per heavy atom. The van der Waals surface area contributed by atoms with Crippen LogP contribution in [0.1, 0.15) is 35.9 Å². The molecule has 1 aliphatic rings. The van der Waals surface area contributed by atoms with Crippen LogP contribution in [0, 0.1) is 0 Å². The second kappa shape index (κ2) is 12.5. The minimum absolute atomic E-state index is 0. The molecule has 0 atom stereocenters. The van der Waals surface area contributed by atoms with Gasteiger partial charge in [0.15, 0.2) is 11.7 Å². The van der Waals surface area contributed by atoms with Crippen LogP contribution in [0.2, 0.25) is 0 Å². The van der Waals surface area contributed by atoms with Crippen LogP contribution in [0.15, 0.2) is 52.1 Å². The molecule has 0 aliphatic carbocycles. The highest BCUT2D eigenvalue weighted by molar-refractivity contribution is 14.0. The molecule has 0 spiro atoms. The van der Waals surface area contributed by atoms with Crippen LogP contribution in [0.4, 0.5) is 0 Å². The Bertz CT molecular complexity index is 802. The van der Waals surface area contributed by atoms with Gasteiger partial charge in [-0.15, -0.1) is 24.0 Å². The molecule has 30 heavy (non-hydrogen) atoms. The Morgan fingerprint density at radius 1 is 1.17 bits per heavy atom. The number of hydrogen-bond acceptors (Lipinski definition) is 4. The zero-order valence-corrected chi connectivity index (χ0v) is 20.0. The van der Waals surface area contributed by atoms with Crippen molar-refractivity contribution in [1.82, 2.24) is 15.1 Å². The van der Waals surface area contributed by atoms with Crippen molar-refractivity contribution in [1.29, 1.82) is 0 Å². The van der Waals surface area contributed by atoms with E-state index in [-0.39, 0.29) is 29.9 Å². The first-order valence-corrected chi connectivity index (χ1v) is 10.2. The lowest BCUT2D eigenvalue weighted by molar-refractivity contribution is 0.0657. The molecular formula is C22H31IN4O3. The molecule has 164 valence electrons. The number of carbonyl (C=O) groups excluding carboxylic acids is 1. The summed E-state index contributed by atoms with van der Waals surface area (Å²) < 4.78 is 11.0.